The van der Waals surface area contributed by atoms with Crippen LogP contribution in [-0.4, -0.2) is 16.9 Å². The summed E-state index contributed by atoms with van der Waals surface area (Å²) in [5.41, 5.74) is 7.23. The third-order valence-corrected chi connectivity index (χ3v) is 3.45. The van der Waals surface area contributed by atoms with Crippen molar-refractivity contribution in [2.75, 3.05) is 5.32 Å². The van der Waals surface area contributed by atoms with Gasteiger partial charge in [-0.2, -0.15) is 0 Å². The van der Waals surface area contributed by atoms with E-state index in [1.807, 2.05) is 19.1 Å². The van der Waals surface area contributed by atoms with E-state index in [-0.39, 0.29) is 36.8 Å². The molecule has 0 aliphatic rings. The summed E-state index contributed by atoms with van der Waals surface area (Å²) < 4.78 is 5.66. The summed E-state index contributed by atoms with van der Waals surface area (Å²) in [6.45, 7) is 2.26. The second-order valence-electron chi connectivity index (χ2n) is 5.36. The van der Waals surface area contributed by atoms with Crippen molar-refractivity contribution in [1.82, 2.24) is 4.98 Å². The molecule has 25 heavy (non-hydrogen) atoms. The number of halogens is 3. The van der Waals surface area contributed by atoms with Crippen LogP contribution in [0.2, 0.25) is 5.02 Å². The SMILES string of the molecule is CC(N)CCC(=O)Nc1ccc(OCc2cccnc2)c(Cl)c1.Cl.Cl. The number of hydrogen-bond acceptors (Lipinski definition) is 4. The lowest BCUT2D eigenvalue weighted by atomic mass is 10.2. The van der Waals surface area contributed by atoms with E-state index in [1.54, 1.807) is 30.6 Å². The third kappa shape index (κ3) is 8.40. The smallest absolute Gasteiger partial charge is 0.224 e. The van der Waals surface area contributed by atoms with Crippen LogP contribution in [0.5, 0.6) is 5.75 Å². The molecule has 1 unspecified atom stereocenters. The van der Waals surface area contributed by atoms with Crippen molar-refractivity contribution in [2.24, 2.45) is 5.73 Å². The van der Waals surface area contributed by atoms with E-state index in [0.717, 1.165) is 5.56 Å². The zero-order valence-electron chi connectivity index (χ0n) is 13.8. The van der Waals surface area contributed by atoms with Crippen molar-refractivity contribution in [3.05, 3.63) is 53.3 Å². The van der Waals surface area contributed by atoms with E-state index >= 15 is 0 Å². The number of benzene rings is 1. The molecular weight excluding hydrogens is 385 g/mol. The molecule has 8 heteroatoms. The lowest BCUT2D eigenvalue weighted by Gasteiger charge is -2.11. The Morgan fingerprint density at radius 1 is 1.36 bits per heavy atom. The summed E-state index contributed by atoms with van der Waals surface area (Å²) in [7, 11) is 0. The second-order valence-corrected chi connectivity index (χ2v) is 5.77. The summed E-state index contributed by atoms with van der Waals surface area (Å²) >= 11 is 6.19. The first kappa shape index (κ1) is 23.5. The molecule has 0 radical (unpaired) electrons. The van der Waals surface area contributed by atoms with Crippen LogP contribution >= 0.6 is 36.4 Å². The van der Waals surface area contributed by atoms with Gasteiger partial charge in [-0.3, -0.25) is 9.78 Å². The van der Waals surface area contributed by atoms with Gasteiger partial charge in [0.2, 0.25) is 5.91 Å². The minimum Gasteiger partial charge on any atom is -0.487 e. The fourth-order valence-corrected chi connectivity index (χ4v) is 2.16. The summed E-state index contributed by atoms with van der Waals surface area (Å²) in [4.78, 5) is 15.8. The van der Waals surface area contributed by atoms with Crippen LogP contribution in [-0.2, 0) is 11.4 Å². The van der Waals surface area contributed by atoms with E-state index in [1.165, 1.54) is 0 Å². The average molecular weight is 407 g/mol. The number of rotatable bonds is 7. The van der Waals surface area contributed by atoms with Gasteiger partial charge in [0.25, 0.3) is 0 Å². The summed E-state index contributed by atoms with van der Waals surface area (Å²) in [5, 5.41) is 3.24. The Bertz CT molecular complexity index is 655. The molecule has 5 nitrogen and oxygen atoms in total. The van der Waals surface area contributed by atoms with E-state index in [0.29, 0.717) is 35.9 Å². The average Bonchev–Trinajstić information content (AvgIpc) is 2.53. The van der Waals surface area contributed by atoms with Crippen molar-refractivity contribution in [2.45, 2.75) is 32.4 Å². The Labute approximate surface area is 165 Å². The lowest BCUT2D eigenvalue weighted by Crippen LogP contribution is -2.19. The van der Waals surface area contributed by atoms with Crippen LogP contribution in [0.1, 0.15) is 25.3 Å². The van der Waals surface area contributed by atoms with E-state index in [4.69, 9.17) is 22.1 Å². The van der Waals surface area contributed by atoms with Gasteiger partial charge >= 0.3 is 0 Å². The van der Waals surface area contributed by atoms with Gasteiger partial charge in [0, 0.05) is 36.1 Å². The number of carbonyl (C=O) groups excluding carboxylic acids is 1. The summed E-state index contributed by atoms with van der Waals surface area (Å²) in [6, 6.07) is 8.94. The number of aromatic nitrogens is 1. The highest BCUT2D eigenvalue weighted by Gasteiger charge is 2.07. The first-order valence-corrected chi connectivity index (χ1v) is 7.79. The van der Waals surface area contributed by atoms with Gasteiger partial charge in [0.05, 0.1) is 5.02 Å². The van der Waals surface area contributed by atoms with Crippen molar-refractivity contribution in [3.8, 4) is 5.75 Å². The van der Waals surface area contributed by atoms with Gasteiger partial charge in [-0.05, 0) is 37.6 Å². The molecule has 0 saturated carbocycles. The maximum Gasteiger partial charge on any atom is 0.224 e. The predicted molar refractivity (Wildman–Crippen MR) is 106 cm³/mol. The molecule has 0 bridgehead atoms. The van der Waals surface area contributed by atoms with E-state index in [9.17, 15) is 4.79 Å². The van der Waals surface area contributed by atoms with Crippen molar-refractivity contribution >= 4 is 48.0 Å². The molecular formula is C17H22Cl3N3O2. The molecule has 2 rings (SSSR count). The molecule has 0 aliphatic carbocycles. The number of nitrogens with two attached hydrogens (primary N) is 1. The zero-order chi connectivity index (χ0) is 16.7. The number of hydrogen-bond donors (Lipinski definition) is 2. The molecule has 0 saturated heterocycles. The second kappa shape index (κ2) is 11.9. The van der Waals surface area contributed by atoms with E-state index < -0.39 is 0 Å². The van der Waals surface area contributed by atoms with Gasteiger partial charge in [-0.25, -0.2) is 0 Å². The fourth-order valence-electron chi connectivity index (χ4n) is 1.92. The fraction of sp³-hybridized carbons (Fsp3) is 0.294. The highest BCUT2D eigenvalue weighted by atomic mass is 35.5. The molecule has 1 aromatic heterocycles. The topological polar surface area (TPSA) is 77.2 Å². The Morgan fingerprint density at radius 2 is 2.12 bits per heavy atom. The molecule has 0 aliphatic heterocycles. The van der Waals surface area contributed by atoms with Crippen LogP contribution < -0.4 is 15.8 Å². The Morgan fingerprint density at radius 3 is 2.72 bits per heavy atom. The third-order valence-electron chi connectivity index (χ3n) is 3.16. The van der Waals surface area contributed by atoms with Gasteiger partial charge in [0.1, 0.15) is 12.4 Å². The van der Waals surface area contributed by atoms with E-state index in [2.05, 4.69) is 10.3 Å². The number of nitrogens with zero attached hydrogens (tertiary/aromatic N) is 1. The van der Waals surface area contributed by atoms with Crippen LogP contribution in [0, 0.1) is 0 Å². The van der Waals surface area contributed by atoms with Gasteiger partial charge in [-0.1, -0.05) is 17.7 Å². The molecule has 2 aromatic rings. The van der Waals surface area contributed by atoms with Crippen molar-refractivity contribution < 1.29 is 9.53 Å². The molecule has 3 N–H and O–H groups in total. The first-order valence-electron chi connectivity index (χ1n) is 7.41. The Kier molecular flexibility index (Phi) is 11.2. The molecule has 1 atom stereocenters. The van der Waals surface area contributed by atoms with Crippen LogP contribution in [0.4, 0.5) is 5.69 Å². The molecule has 1 aromatic carbocycles. The quantitative estimate of drug-likeness (QED) is 0.721. The minimum atomic E-state index is -0.0811. The van der Waals surface area contributed by atoms with Gasteiger partial charge < -0.3 is 15.8 Å². The highest BCUT2D eigenvalue weighted by Crippen LogP contribution is 2.28. The Balaban J connectivity index is 0.00000288. The zero-order valence-corrected chi connectivity index (χ0v) is 16.2. The molecule has 1 heterocycles. The molecule has 0 fully saturated rings. The largest absolute Gasteiger partial charge is 0.487 e. The summed E-state index contributed by atoms with van der Waals surface area (Å²) in [6.07, 6.45) is 4.47. The molecule has 138 valence electrons. The number of anilines is 1. The highest BCUT2D eigenvalue weighted by molar-refractivity contribution is 6.32. The first-order chi connectivity index (χ1) is 11.0. The number of ether oxygens (including phenoxy) is 1. The minimum absolute atomic E-state index is 0. The predicted octanol–water partition coefficient (Wildman–Crippen LogP) is 4.22. The standard InChI is InChI=1S/C17H20ClN3O2.2ClH/c1-12(19)4-7-17(22)21-14-5-6-16(15(18)9-14)23-11-13-3-2-8-20-10-13;;/h2-3,5-6,8-10,12H,4,7,11,19H2,1H3,(H,21,22);2*1H. The van der Waals surface area contributed by atoms with Gasteiger partial charge in [-0.15, -0.1) is 24.8 Å². The summed E-state index contributed by atoms with van der Waals surface area (Å²) in [5.74, 6) is 0.478. The monoisotopic (exact) mass is 405 g/mol. The van der Waals surface area contributed by atoms with Crippen LogP contribution in [0.25, 0.3) is 0 Å². The number of nitrogens with one attached hydrogen (secondary N) is 1. The Hall–Kier alpha value is -1.53. The van der Waals surface area contributed by atoms with Crippen molar-refractivity contribution in [3.63, 3.8) is 0 Å². The lowest BCUT2D eigenvalue weighted by molar-refractivity contribution is -0.116. The molecule has 1 amide bonds. The number of amides is 1. The number of pyridine rings is 1. The van der Waals surface area contributed by atoms with Crippen LogP contribution in [0.15, 0.2) is 42.7 Å². The maximum absolute atomic E-state index is 11.8. The molecule has 0 spiro atoms. The van der Waals surface area contributed by atoms with Gasteiger partial charge in [0.15, 0.2) is 0 Å². The van der Waals surface area contributed by atoms with Crippen molar-refractivity contribution in [1.29, 1.82) is 0 Å². The normalized spacial score (nSPS) is 10.8. The van der Waals surface area contributed by atoms with Crippen LogP contribution in [0.3, 0.4) is 0 Å². The maximum atomic E-state index is 11.8. The number of carbonyl (C=O) groups is 1.